The van der Waals surface area contributed by atoms with E-state index in [0.29, 0.717) is 18.1 Å². The lowest BCUT2D eigenvalue weighted by molar-refractivity contribution is -0.125. The molecule has 2 heteroatoms. The minimum atomic E-state index is 0.278. The van der Waals surface area contributed by atoms with E-state index in [1.54, 1.807) is 6.92 Å². The fourth-order valence-electron chi connectivity index (χ4n) is 1.96. The van der Waals surface area contributed by atoms with Crippen LogP contribution < -0.4 is 0 Å². The van der Waals surface area contributed by atoms with Gasteiger partial charge >= 0.3 is 0 Å². The normalized spacial score (nSPS) is 16.1. The van der Waals surface area contributed by atoms with Crippen LogP contribution in [0.15, 0.2) is 0 Å². The molecule has 0 spiro atoms. The minimum Gasteiger partial charge on any atom is -0.300 e. The number of unbranched alkanes of at least 4 members (excludes halogenated alkanes) is 3. The van der Waals surface area contributed by atoms with Gasteiger partial charge in [-0.15, -0.1) is 0 Å². The molecular weight excluding hydrogens is 188 g/mol. The highest BCUT2D eigenvalue weighted by atomic mass is 16.1. The molecule has 0 radical (unpaired) electrons. The highest BCUT2D eigenvalue weighted by Gasteiger charge is 2.23. The van der Waals surface area contributed by atoms with Crippen LogP contribution in [0.1, 0.15) is 64.7 Å². The van der Waals surface area contributed by atoms with E-state index < -0.39 is 0 Å². The molecule has 0 bridgehead atoms. The minimum absolute atomic E-state index is 0.278. The van der Waals surface area contributed by atoms with E-state index in [1.807, 2.05) is 0 Å². The van der Waals surface area contributed by atoms with E-state index in [4.69, 9.17) is 0 Å². The van der Waals surface area contributed by atoms with Crippen LogP contribution in [0.3, 0.4) is 0 Å². The van der Waals surface area contributed by atoms with Crippen molar-refractivity contribution in [2.75, 3.05) is 0 Å². The molecule has 0 atom stereocenters. The quantitative estimate of drug-likeness (QED) is 0.576. The number of rotatable bonds is 8. The lowest BCUT2D eigenvalue weighted by atomic mass is 9.80. The van der Waals surface area contributed by atoms with Crippen LogP contribution in [0.5, 0.6) is 0 Å². The van der Waals surface area contributed by atoms with Crippen molar-refractivity contribution >= 4 is 11.6 Å². The monoisotopic (exact) mass is 210 g/mol. The van der Waals surface area contributed by atoms with Crippen LogP contribution in [0, 0.1) is 5.92 Å². The Morgan fingerprint density at radius 3 is 2.07 bits per heavy atom. The molecule has 0 saturated heterocycles. The molecule has 0 amide bonds. The molecule has 1 aliphatic rings. The second kappa shape index (κ2) is 6.76. The van der Waals surface area contributed by atoms with Gasteiger partial charge in [0, 0.05) is 18.8 Å². The zero-order valence-electron chi connectivity index (χ0n) is 9.76. The second-order valence-electron chi connectivity index (χ2n) is 4.71. The predicted octanol–water partition coefficient (Wildman–Crippen LogP) is 3.29. The topological polar surface area (TPSA) is 34.1 Å². The molecule has 0 unspecified atom stereocenters. The third-order valence-electron chi connectivity index (χ3n) is 3.26. The highest BCUT2D eigenvalue weighted by molar-refractivity contribution is 5.81. The summed E-state index contributed by atoms with van der Waals surface area (Å²) in [6, 6.07) is 0. The Hall–Kier alpha value is -0.660. The van der Waals surface area contributed by atoms with Crippen LogP contribution in [-0.4, -0.2) is 11.6 Å². The Morgan fingerprint density at radius 2 is 1.60 bits per heavy atom. The number of hydrogen-bond acceptors (Lipinski definition) is 2. The van der Waals surface area contributed by atoms with Gasteiger partial charge in [0.15, 0.2) is 0 Å². The molecule has 0 N–H and O–H groups in total. The summed E-state index contributed by atoms with van der Waals surface area (Å²) in [5.74, 6) is 1.16. The largest absolute Gasteiger partial charge is 0.300 e. The Balaban J connectivity index is 1.88. The maximum atomic E-state index is 11.5. The maximum absolute atomic E-state index is 11.5. The van der Waals surface area contributed by atoms with Crippen LogP contribution in [0.2, 0.25) is 0 Å². The maximum Gasteiger partial charge on any atom is 0.135 e. The summed E-state index contributed by atoms with van der Waals surface area (Å²) in [4.78, 5) is 22.2. The second-order valence-corrected chi connectivity index (χ2v) is 4.71. The Labute approximate surface area is 92.4 Å². The molecule has 0 aromatic carbocycles. The molecule has 0 aromatic heterocycles. The van der Waals surface area contributed by atoms with Gasteiger partial charge in [-0.25, -0.2) is 0 Å². The number of Topliss-reactive ketones (excluding diaryl/α,β-unsaturated/α-hetero) is 2. The van der Waals surface area contributed by atoms with Gasteiger partial charge in [0.1, 0.15) is 11.6 Å². The molecule has 1 aliphatic carbocycles. The lowest BCUT2D eigenvalue weighted by Crippen LogP contribution is -2.21. The van der Waals surface area contributed by atoms with Crippen molar-refractivity contribution in [3.8, 4) is 0 Å². The fourth-order valence-corrected chi connectivity index (χ4v) is 1.96. The Morgan fingerprint density at radius 1 is 1.00 bits per heavy atom. The predicted molar refractivity (Wildman–Crippen MR) is 60.7 cm³/mol. The summed E-state index contributed by atoms with van der Waals surface area (Å²) >= 11 is 0. The van der Waals surface area contributed by atoms with Crippen molar-refractivity contribution in [3.05, 3.63) is 0 Å². The zero-order chi connectivity index (χ0) is 11.1. The van der Waals surface area contributed by atoms with Gasteiger partial charge < -0.3 is 4.79 Å². The van der Waals surface area contributed by atoms with Crippen LogP contribution >= 0.6 is 0 Å². The molecule has 1 saturated carbocycles. The van der Waals surface area contributed by atoms with Crippen molar-refractivity contribution < 1.29 is 9.59 Å². The van der Waals surface area contributed by atoms with Crippen molar-refractivity contribution in [3.63, 3.8) is 0 Å². The molecule has 0 aliphatic heterocycles. The van der Waals surface area contributed by atoms with Gasteiger partial charge in [-0.05, 0) is 32.6 Å². The van der Waals surface area contributed by atoms with E-state index in [2.05, 4.69) is 0 Å². The third-order valence-corrected chi connectivity index (χ3v) is 3.26. The summed E-state index contributed by atoms with van der Waals surface area (Å²) < 4.78 is 0. The van der Waals surface area contributed by atoms with Gasteiger partial charge in [0.05, 0.1) is 0 Å². The summed E-state index contributed by atoms with van der Waals surface area (Å²) in [5.41, 5.74) is 0. The molecule has 2 nitrogen and oxygen atoms in total. The van der Waals surface area contributed by atoms with Crippen molar-refractivity contribution in [2.45, 2.75) is 64.7 Å². The average Bonchev–Trinajstić information content (AvgIpc) is 2.07. The summed E-state index contributed by atoms with van der Waals surface area (Å²) in [6.07, 6.45) is 9.19. The van der Waals surface area contributed by atoms with Gasteiger partial charge in [-0.2, -0.15) is 0 Å². The third kappa shape index (κ3) is 5.10. The molecule has 0 heterocycles. The summed E-state index contributed by atoms with van der Waals surface area (Å²) in [6.45, 7) is 1.64. The SMILES string of the molecule is CC(=O)CCCCCCC(=O)C1CCC1. The smallest absolute Gasteiger partial charge is 0.135 e. The van der Waals surface area contributed by atoms with Crippen LogP contribution in [0.25, 0.3) is 0 Å². The average molecular weight is 210 g/mol. The van der Waals surface area contributed by atoms with E-state index in [9.17, 15) is 9.59 Å². The van der Waals surface area contributed by atoms with E-state index in [-0.39, 0.29) is 5.78 Å². The fraction of sp³-hybridized carbons (Fsp3) is 0.846. The summed E-state index contributed by atoms with van der Waals surface area (Å²) in [7, 11) is 0. The first-order chi connectivity index (χ1) is 7.20. The van der Waals surface area contributed by atoms with Gasteiger partial charge in [0.2, 0.25) is 0 Å². The molecule has 1 rings (SSSR count). The number of hydrogen-bond donors (Lipinski definition) is 0. The first-order valence-corrected chi connectivity index (χ1v) is 6.22. The molecule has 1 fully saturated rings. The molecule has 86 valence electrons. The van der Waals surface area contributed by atoms with E-state index >= 15 is 0 Å². The number of carbonyl (C=O) groups is 2. The molecule has 15 heavy (non-hydrogen) atoms. The first-order valence-electron chi connectivity index (χ1n) is 6.22. The van der Waals surface area contributed by atoms with Gasteiger partial charge in [-0.1, -0.05) is 19.3 Å². The van der Waals surface area contributed by atoms with Gasteiger partial charge in [-0.3, -0.25) is 4.79 Å². The van der Waals surface area contributed by atoms with Crippen molar-refractivity contribution in [1.82, 2.24) is 0 Å². The van der Waals surface area contributed by atoms with Crippen molar-refractivity contribution in [2.24, 2.45) is 5.92 Å². The van der Waals surface area contributed by atoms with Crippen LogP contribution in [-0.2, 0) is 9.59 Å². The number of carbonyl (C=O) groups excluding carboxylic acids is 2. The van der Waals surface area contributed by atoms with E-state index in [1.165, 1.54) is 6.42 Å². The van der Waals surface area contributed by atoms with Gasteiger partial charge in [0.25, 0.3) is 0 Å². The highest BCUT2D eigenvalue weighted by Crippen LogP contribution is 2.28. The summed E-state index contributed by atoms with van der Waals surface area (Å²) in [5, 5.41) is 0. The lowest BCUT2D eigenvalue weighted by Gasteiger charge is -2.23. The number of ketones is 2. The Kier molecular flexibility index (Phi) is 5.59. The zero-order valence-corrected chi connectivity index (χ0v) is 9.76. The molecular formula is C13H22O2. The molecule has 0 aromatic rings. The van der Waals surface area contributed by atoms with E-state index in [0.717, 1.165) is 44.9 Å². The van der Waals surface area contributed by atoms with Crippen molar-refractivity contribution in [1.29, 1.82) is 0 Å². The Bertz CT molecular complexity index is 217. The first kappa shape index (κ1) is 12.4. The van der Waals surface area contributed by atoms with Crippen LogP contribution in [0.4, 0.5) is 0 Å². The standard InChI is InChI=1S/C13H22O2/c1-11(14)7-4-2-3-5-10-13(15)12-8-6-9-12/h12H,2-10H2,1H3.